The zero-order valence-corrected chi connectivity index (χ0v) is 11.3. The van der Waals surface area contributed by atoms with Crippen molar-refractivity contribution in [3.63, 3.8) is 0 Å². The fraction of sp³-hybridized carbons (Fsp3) is 0.133. The smallest absolute Gasteiger partial charge is 0.229 e. The number of carbonyl (C=O) groups excluding carboxylic acids is 1. The summed E-state index contributed by atoms with van der Waals surface area (Å²) >= 11 is 1.58. The molecule has 1 amide bonds. The minimum atomic E-state index is -0.0247. The van der Waals surface area contributed by atoms with Crippen molar-refractivity contribution in [1.82, 2.24) is 0 Å². The van der Waals surface area contributed by atoms with Crippen molar-refractivity contribution in [3.05, 3.63) is 59.3 Å². The van der Waals surface area contributed by atoms with Crippen LogP contribution in [0.15, 0.2) is 54.4 Å². The zero-order valence-electron chi connectivity index (χ0n) is 10.5. The second-order valence-electron chi connectivity index (χ2n) is 3.93. The molecule has 1 heterocycles. The fourth-order valence-corrected chi connectivity index (χ4v) is 2.30. The molecule has 0 unspecified atom stereocenters. The minimum Gasteiger partial charge on any atom is -0.489 e. The highest BCUT2D eigenvalue weighted by Gasteiger charge is 2.05. The summed E-state index contributed by atoms with van der Waals surface area (Å²) < 4.78 is 5.42. The van der Waals surface area contributed by atoms with Gasteiger partial charge in [-0.2, -0.15) is 0 Å². The summed E-state index contributed by atoms with van der Waals surface area (Å²) in [5.74, 6) is 0.692. The predicted octanol–water partition coefficient (Wildman–Crippen LogP) is 3.49. The number of carbonyl (C=O) groups is 1. The molecule has 2 aromatic rings. The molecular weight excluding hydrogens is 258 g/mol. The maximum absolute atomic E-state index is 11.8. The summed E-state index contributed by atoms with van der Waals surface area (Å²) in [6.45, 7) is 4.05. The maximum atomic E-state index is 11.8. The normalized spacial score (nSPS) is 9.89. The molecule has 3 nitrogen and oxygen atoms in total. The lowest BCUT2D eigenvalue weighted by atomic mass is 10.2. The third-order valence-electron chi connectivity index (χ3n) is 2.40. The van der Waals surface area contributed by atoms with Crippen LogP contribution in [0.1, 0.15) is 4.88 Å². The van der Waals surface area contributed by atoms with Crippen LogP contribution < -0.4 is 10.1 Å². The molecule has 98 valence electrons. The van der Waals surface area contributed by atoms with Crippen LogP contribution in [0.5, 0.6) is 5.75 Å². The van der Waals surface area contributed by atoms with Crippen LogP contribution in [0.25, 0.3) is 0 Å². The third kappa shape index (κ3) is 4.26. The van der Waals surface area contributed by atoms with E-state index in [1.807, 2.05) is 35.7 Å². The Morgan fingerprint density at radius 1 is 1.37 bits per heavy atom. The Hall–Kier alpha value is -2.07. The lowest BCUT2D eigenvalue weighted by molar-refractivity contribution is -0.115. The number of rotatable bonds is 6. The van der Waals surface area contributed by atoms with Gasteiger partial charge in [0.05, 0.1) is 6.42 Å². The van der Waals surface area contributed by atoms with E-state index in [9.17, 15) is 4.79 Å². The van der Waals surface area contributed by atoms with Gasteiger partial charge in [-0.25, -0.2) is 0 Å². The molecule has 1 aromatic carbocycles. The first-order valence-corrected chi connectivity index (χ1v) is 6.82. The third-order valence-corrected chi connectivity index (χ3v) is 3.28. The largest absolute Gasteiger partial charge is 0.489 e. The Kier molecular flexibility index (Phi) is 4.75. The van der Waals surface area contributed by atoms with Crippen molar-refractivity contribution in [2.75, 3.05) is 11.9 Å². The van der Waals surface area contributed by atoms with E-state index in [1.54, 1.807) is 23.5 Å². The molecule has 0 spiro atoms. The molecule has 0 aliphatic carbocycles. The van der Waals surface area contributed by atoms with Gasteiger partial charge in [-0.1, -0.05) is 24.8 Å². The average molecular weight is 273 g/mol. The van der Waals surface area contributed by atoms with Crippen LogP contribution in [-0.4, -0.2) is 12.5 Å². The van der Waals surface area contributed by atoms with Crippen LogP contribution in [0.4, 0.5) is 5.69 Å². The molecule has 2 rings (SSSR count). The number of anilines is 1. The molecular formula is C15H15NO2S. The van der Waals surface area contributed by atoms with Crippen molar-refractivity contribution < 1.29 is 9.53 Å². The second-order valence-corrected chi connectivity index (χ2v) is 4.96. The average Bonchev–Trinajstić information content (AvgIpc) is 2.89. The molecule has 4 heteroatoms. The lowest BCUT2D eigenvalue weighted by Gasteiger charge is -2.07. The van der Waals surface area contributed by atoms with E-state index >= 15 is 0 Å². The van der Waals surface area contributed by atoms with Gasteiger partial charge in [-0.3, -0.25) is 4.79 Å². The first kappa shape index (κ1) is 13.4. The predicted molar refractivity (Wildman–Crippen MR) is 78.8 cm³/mol. The molecule has 0 bridgehead atoms. The van der Waals surface area contributed by atoms with Crippen LogP contribution in [0.2, 0.25) is 0 Å². The quantitative estimate of drug-likeness (QED) is 0.818. The van der Waals surface area contributed by atoms with Gasteiger partial charge in [0.25, 0.3) is 0 Å². The summed E-state index contributed by atoms with van der Waals surface area (Å²) in [6, 6.07) is 11.2. The van der Waals surface area contributed by atoms with Gasteiger partial charge in [-0.05, 0) is 23.6 Å². The Bertz CT molecular complexity index is 549. The number of nitrogens with one attached hydrogen (secondary N) is 1. The van der Waals surface area contributed by atoms with Crippen molar-refractivity contribution >= 4 is 22.9 Å². The van der Waals surface area contributed by atoms with Gasteiger partial charge < -0.3 is 10.1 Å². The minimum absolute atomic E-state index is 0.0247. The number of thiophene rings is 1. The van der Waals surface area contributed by atoms with Gasteiger partial charge in [0.15, 0.2) is 0 Å². The van der Waals surface area contributed by atoms with E-state index in [2.05, 4.69) is 11.9 Å². The highest BCUT2D eigenvalue weighted by atomic mass is 32.1. The molecule has 1 aromatic heterocycles. The van der Waals surface area contributed by atoms with E-state index < -0.39 is 0 Å². The molecule has 0 radical (unpaired) electrons. The lowest BCUT2D eigenvalue weighted by Crippen LogP contribution is -2.13. The van der Waals surface area contributed by atoms with E-state index in [4.69, 9.17) is 4.74 Å². The molecule has 0 fully saturated rings. The number of hydrogen-bond acceptors (Lipinski definition) is 3. The zero-order chi connectivity index (χ0) is 13.5. The molecule has 0 aliphatic heterocycles. The van der Waals surface area contributed by atoms with Gasteiger partial charge in [0.1, 0.15) is 12.4 Å². The van der Waals surface area contributed by atoms with Crippen LogP contribution >= 0.6 is 11.3 Å². The number of hydrogen-bond donors (Lipinski definition) is 1. The SMILES string of the molecule is C=CCOc1cccc(NC(=O)Cc2cccs2)c1. The Morgan fingerprint density at radius 3 is 3.00 bits per heavy atom. The van der Waals surface area contributed by atoms with E-state index in [-0.39, 0.29) is 5.91 Å². The van der Waals surface area contributed by atoms with Gasteiger partial charge >= 0.3 is 0 Å². The summed E-state index contributed by atoms with van der Waals surface area (Å²) in [5, 5.41) is 4.82. The number of ether oxygens (including phenoxy) is 1. The van der Waals surface area contributed by atoms with E-state index in [0.29, 0.717) is 18.8 Å². The summed E-state index contributed by atoms with van der Waals surface area (Å²) in [5.41, 5.74) is 0.739. The van der Waals surface area contributed by atoms with Gasteiger partial charge in [0, 0.05) is 16.6 Å². The Balaban J connectivity index is 1.94. The van der Waals surface area contributed by atoms with Crippen molar-refractivity contribution in [2.45, 2.75) is 6.42 Å². The van der Waals surface area contributed by atoms with Crippen LogP contribution in [0, 0.1) is 0 Å². The summed E-state index contributed by atoms with van der Waals surface area (Å²) in [4.78, 5) is 12.9. The summed E-state index contributed by atoms with van der Waals surface area (Å²) in [7, 11) is 0. The molecule has 0 saturated carbocycles. The second kappa shape index (κ2) is 6.75. The van der Waals surface area contributed by atoms with Crippen molar-refractivity contribution in [3.8, 4) is 5.75 Å². The van der Waals surface area contributed by atoms with Crippen LogP contribution in [0.3, 0.4) is 0 Å². The first-order valence-electron chi connectivity index (χ1n) is 5.94. The molecule has 0 aliphatic rings. The van der Waals surface area contributed by atoms with E-state index in [1.165, 1.54) is 0 Å². The Morgan fingerprint density at radius 2 is 2.26 bits per heavy atom. The fourth-order valence-electron chi connectivity index (χ4n) is 1.60. The van der Waals surface area contributed by atoms with Crippen molar-refractivity contribution in [1.29, 1.82) is 0 Å². The molecule has 1 N–H and O–H groups in total. The standard InChI is InChI=1S/C15H15NO2S/c1-2-8-18-13-6-3-5-12(10-13)16-15(17)11-14-7-4-9-19-14/h2-7,9-10H,1,8,11H2,(H,16,17). The number of benzene rings is 1. The highest BCUT2D eigenvalue weighted by Crippen LogP contribution is 2.18. The maximum Gasteiger partial charge on any atom is 0.229 e. The van der Waals surface area contributed by atoms with E-state index in [0.717, 1.165) is 10.6 Å². The topological polar surface area (TPSA) is 38.3 Å². The van der Waals surface area contributed by atoms with Crippen LogP contribution in [-0.2, 0) is 11.2 Å². The molecule has 0 atom stereocenters. The number of amides is 1. The highest BCUT2D eigenvalue weighted by molar-refractivity contribution is 7.10. The van der Waals surface area contributed by atoms with Crippen molar-refractivity contribution in [2.24, 2.45) is 0 Å². The van der Waals surface area contributed by atoms with Gasteiger partial charge in [-0.15, -0.1) is 11.3 Å². The monoisotopic (exact) mass is 273 g/mol. The Labute approximate surface area is 116 Å². The molecule has 0 saturated heterocycles. The first-order chi connectivity index (χ1) is 9.28. The van der Waals surface area contributed by atoms with Gasteiger partial charge in [0.2, 0.25) is 5.91 Å². The molecule has 19 heavy (non-hydrogen) atoms. The summed E-state index contributed by atoms with van der Waals surface area (Å²) in [6.07, 6.45) is 2.08.